The molecule has 2 unspecified atom stereocenters. The molecule has 2 heterocycles. The van der Waals surface area contributed by atoms with Crippen LogP contribution < -0.4 is 0 Å². The number of aliphatic hydroxyl groups is 2. The average molecular weight is 320 g/mol. The Morgan fingerprint density at radius 1 is 0.905 bits per heavy atom. The quantitative estimate of drug-likeness (QED) is 0.714. The molecule has 0 spiro atoms. The first kappa shape index (κ1) is 17.1. The summed E-state index contributed by atoms with van der Waals surface area (Å²) in [7, 11) is -3.05. The van der Waals surface area contributed by atoms with Crippen molar-refractivity contribution in [2.75, 3.05) is 37.7 Å². The molecule has 2 rings (SSSR count). The Balaban J connectivity index is 2.17. The van der Waals surface area contributed by atoms with Crippen LogP contribution in [-0.4, -0.2) is 89.4 Å². The highest BCUT2D eigenvalue weighted by Crippen LogP contribution is 2.29. The minimum Gasteiger partial charge on any atom is -0.389 e. The van der Waals surface area contributed by atoms with Gasteiger partial charge < -0.3 is 10.2 Å². The lowest BCUT2D eigenvalue weighted by molar-refractivity contribution is -0.0436. The van der Waals surface area contributed by atoms with E-state index in [4.69, 9.17) is 0 Å². The lowest BCUT2D eigenvalue weighted by atomic mass is 9.99. The van der Waals surface area contributed by atoms with Gasteiger partial charge in [-0.05, 0) is 27.7 Å². The number of piperazine rings is 1. The van der Waals surface area contributed by atoms with E-state index in [1.807, 2.05) is 0 Å². The Labute approximate surface area is 127 Å². The van der Waals surface area contributed by atoms with E-state index in [9.17, 15) is 18.6 Å². The van der Waals surface area contributed by atoms with E-state index in [0.717, 1.165) is 13.1 Å². The van der Waals surface area contributed by atoms with Crippen molar-refractivity contribution in [3.63, 3.8) is 0 Å². The first-order chi connectivity index (χ1) is 9.36. The summed E-state index contributed by atoms with van der Waals surface area (Å²) < 4.78 is 24.1. The molecule has 2 fully saturated rings. The highest BCUT2D eigenvalue weighted by molar-refractivity contribution is 7.91. The van der Waals surface area contributed by atoms with Crippen LogP contribution in [-0.2, 0) is 9.84 Å². The SMILES string of the molecule is CC(C)(O)CN1CCN(CC(C)(C)O)C2CS(=O)(=O)CC21. The zero-order valence-corrected chi connectivity index (χ0v) is 14.2. The fourth-order valence-corrected chi connectivity index (χ4v) is 5.53. The van der Waals surface area contributed by atoms with Gasteiger partial charge >= 0.3 is 0 Å². The van der Waals surface area contributed by atoms with E-state index in [1.54, 1.807) is 27.7 Å². The van der Waals surface area contributed by atoms with Gasteiger partial charge in [0.2, 0.25) is 0 Å². The highest BCUT2D eigenvalue weighted by atomic mass is 32.2. The van der Waals surface area contributed by atoms with Crippen molar-refractivity contribution in [1.82, 2.24) is 9.80 Å². The van der Waals surface area contributed by atoms with Crippen LogP contribution in [0.3, 0.4) is 0 Å². The molecular weight excluding hydrogens is 292 g/mol. The van der Waals surface area contributed by atoms with Crippen molar-refractivity contribution in [3.05, 3.63) is 0 Å². The van der Waals surface area contributed by atoms with Gasteiger partial charge in [-0.1, -0.05) is 0 Å². The first-order valence-corrected chi connectivity index (χ1v) is 9.32. The molecule has 0 aromatic heterocycles. The van der Waals surface area contributed by atoms with Gasteiger partial charge in [0.25, 0.3) is 0 Å². The standard InChI is InChI=1S/C14H28N2O4S/c1-13(2,17)9-15-5-6-16(10-14(3,4)18)12-8-21(19,20)7-11(12)15/h11-12,17-18H,5-10H2,1-4H3. The van der Waals surface area contributed by atoms with Gasteiger partial charge in [-0.2, -0.15) is 0 Å². The lowest BCUT2D eigenvalue weighted by Gasteiger charge is -2.46. The first-order valence-electron chi connectivity index (χ1n) is 7.50. The van der Waals surface area contributed by atoms with Gasteiger partial charge in [-0.15, -0.1) is 0 Å². The number of fused-ring (bicyclic) bond motifs is 1. The summed E-state index contributed by atoms with van der Waals surface area (Å²) in [6.45, 7) is 9.36. The summed E-state index contributed by atoms with van der Waals surface area (Å²) in [5.74, 6) is 0.298. The number of sulfone groups is 1. The molecule has 0 aromatic rings. The number of hydrogen-bond acceptors (Lipinski definition) is 6. The summed E-state index contributed by atoms with van der Waals surface area (Å²) in [5, 5.41) is 20.1. The van der Waals surface area contributed by atoms with Crippen molar-refractivity contribution in [3.8, 4) is 0 Å². The smallest absolute Gasteiger partial charge is 0.153 e. The van der Waals surface area contributed by atoms with E-state index < -0.39 is 21.0 Å². The summed E-state index contributed by atoms with van der Waals surface area (Å²) in [5.41, 5.74) is -1.68. The van der Waals surface area contributed by atoms with Crippen LogP contribution in [0.15, 0.2) is 0 Å². The molecule has 0 radical (unpaired) electrons. The monoisotopic (exact) mass is 320 g/mol. The zero-order chi connectivity index (χ0) is 16.1. The predicted molar refractivity (Wildman–Crippen MR) is 82.0 cm³/mol. The maximum atomic E-state index is 12.0. The summed E-state index contributed by atoms with van der Waals surface area (Å²) in [6.07, 6.45) is 0. The van der Waals surface area contributed by atoms with E-state index in [0.29, 0.717) is 13.1 Å². The Bertz CT molecular complexity index is 440. The highest BCUT2D eigenvalue weighted by Gasteiger charge is 2.47. The molecule has 2 aliphatic heterocycles. The third-order valence-corrected chi connectivity index (χ3v) is 5.78. The number of rotatable bonds is 4. The molecule has 21 heavy (non-hydrogen) atoms. The van der Waals surface area contributed by atoms with Crippen molar-refractivity contribution >= 4 is 9.84 Å². The molecule has 2 atom stereocenters. The zero-order valence-electron chi connectivity index (χ0n) is 13.4. The molecule has 0 bridgehead atoms. The second kappa shape index (κ2) is 5.45. The molecule has 0 saturated carbocycles. The number of nitrogens with zero attached hydrogens (tertiary/aromatic N) is 2. The minimum atomic E-state index is -3.05. The van der Waals surface area contributed by atoms with Gasteiger partial charge in [0, 0.05) is 38.3 Å². The Morgan fingerprint density at radius 2 is 1.24 bits per heavy atom. The van der Waals surface area contributed by atoms with E-state index in [-0.39, 0.29) is 23.6 Å². The van der Waals surface area contributed by atoms with Crippen molar-refractivity contribution in [2.24, 2.45) is 0 Å². The number of hydrogen-bond donors (Lipinski definition) is 2. The minimum absolute atomic E-state index is 0.0856. The molecule has 7 heteroatoms. The molecule has 2 aliphatic rings. The molecule has 0 aliphatic carbocycles. The normalized spacial score (nSPS) is 31.3. The second-order valence-electron chi connectivity index (χ2n) is 7.78. The number of β-amino-alcohol motifs (C(OH)–C–C–N with tert-alkyl or cyclic N) is 2. The van der Waals surface area contributed by atoms with Crippen LogP contribution in [0.1, 0.15) is 27.7 Å². The summed E-state index contributed by atoms with van der Waals surface area (Å²) in [6, 6.07) is -0.171. The fourth-order valence-electron chi connectivity index (χ4n) is 3.48. The van der Waals surface area contributed by atoms with Crippen molar-refractivity contribution in [1.29, 1.82) is 0 Å². The molecular formula is C14H28N2O4S. The predicted octanol–water partition coefficient (Wildman–Crippen LogP) is -0.689. The molecule has 2 saturated heterocycles. The average Bonchev–Trinajstić information content (AvgIpc) is 2.54. The summed E-state index contributed by atoms with van der Waals surface area (Å²) in [4.78, 5) is 4.19. The Kier molecular flexibility index (Phi) is 4.45. The van der Waals surface area contributed by atoms with Crippen LogP contribution in [0.5, 0.6) is 0 Å². The second-order valence-corrected chi connectivity index (χ2v) is 9.93. The van der Waals surface area contributed by atoms with Gasteiger partial charge in [0.15, 0.2) is 9.84 Å². The molecule has 2 N–H and O–H groups in total. The van der Waals surface area contributed by atoms with Gasteiger partial charge in [0.1, 0.15) is 0 Å². The van der Waals surface area contributed by atoms with Crippen LogP contribution in [0.25, 0.3) is 0 Å². The van der Waals surface area contributed by atoms with Gasteiger partial charge in [0.05, 0.1) is 22.7 Å². The van der Waals surface area contributed by atoms with Crippen LogP contribution in [0.2, 0.25) is 0 Å². The molecule has 124 valence electrons. The van der Waals surface area contributed by atoms with E-state index in [1.165, 1.54) is 0 Å². The van der Waals surface area contributed by atoms with E-state index >= 15 is 0 Å². The van der Waals surface area contributed by atoms with Crippen LogP contribution in [0.4, 0.5) is 0 Å². The molecule has 0 amide bonds. The van der Waals surface area contributed by atoms with Crippen molar-refractivity contribution in [2.45, 2.75) is 51.0 Å². The largest absolute Gasteiger partial charge is 0.389 e. The van der Waals surface area contributed by atoms with Crippen molar-refractivity contribution < 1.29 is 18.6 Å². The van der Waals surface area contributed by atoms with Crippen LogP contribution >= 0.6 is 0 Å². The topological polar surface area (TPSA) is 81.1 Å². The lowest BCUT2D eigenvalue weighted by Crippen LogP contribution is -2.62. The third-order valence-electron chi connectivity index (χ3n) is 4.09. The van der Waals surface area contributed by atoms with E-state index in [2.05, 4.69) is 9.80 Å². The Hall–Kier alpha value is -0.210. The summed E-state index contributed by atoms with van der Waals surface area (Å²) >= 11 is 0. The molecule has 0 aromatic carbocycles. The molecule has 6 nitrogen and oxygen atoms in total. The van der Waals surface area contributed by atoms with Gasteiger partial charge in [-0.25, -0.2) is 8.42 Å². The maximum absolute atomic E-state index is 12.0. The van der Waals surface area contributed by atoms with Crippen LogP contribution in [0, 0.1) is 0 Å². The Morgan fingerprint density at radius 3 is 1.52 bits per heavy atom. The third kappa shape index (κ3) is 4.63. The maximum Gasteiger partial charge on any atom is 0.153 e. The fraction of sp³-hybridized carbons (Fsp3) is 1.00. The van der Waals surface area contributed by atoms with Gasteiger partial charge in [-0.3, -0.25) is 9.80 Å².